The van der Waals surface area contributed by atoms with Gasteiger partial charge in [-0.2, -0.15) is 13.2 Å². The Morgan fingerprint density at radius 2 is 1.68 bits per heavy atom. The van der Waals surface area contributed by atoms with Crippen LogP contribution in [-0.2, 0) is 4.79 Å². The first kappa shape index (κ1) is 21.9. The zero-order chi connectivity index (χ0) is 21.2. The molecular formula is C19H15Cl2F3O4. The normalized spacial score (nSPS) is 15.5. The molecule has 2 N–H and O–H groups in total. The van der Waals surface area contributed by atoms with E-state index in [9.17, 15) is 18.0 Å². The lowest BCUT2D eigenvalue weighted by atomic mass is 9.99. The van der Waals surface area contributed by atoms with Gasteiger partial charge in [0.15, 0.2) is 0 Å². The van der Waals surface area contributed by atoms with Crippen LogP contribution in [0.1, 0.15) is 16.7 Å². The van der Waals surface area contributed by atoms with Gasteiger partial charge in [0, 0.05) is 15.6 Å². The fourth-order valence-electron chi connectivity index (χ4n) is 2.48. The van der Waals surface area contributed by atoms with Gasteiger partial charge in [-0.3, -0.25) is 0 Å². The van der Waals surface area contributed by atoms with Gasteiger partial charge < -0.3 is 14.9 Å². The second-order valence-electron chi connectivity index (χ2n) is 6.02. The minimum absolute atomic E-state index is 0.00303. The molecule has 0 saturated heterocycles. The van der Waals surface area contributed by atoms with Gasteiger partial charge in [0.25, 0.3) is 0 Å². The lowest BCUT2D eigenvalue weighted by Crippen LogP contribution is -2.40. The molecule has 3 rings (SSSR count). The van der Waals surface area contributed by atoms with Gasteiger partial charge in [-0.05, 0) is 61.4 Å². The van der Waals surface area contributed by atoms with E-state index in [1.54, 1.807) is 25.1 Å². The molecule has 9 heteroatoms. The van der Waals surface area contributed by atoms with Crippen LogP contribution in [0.25, 0.3) is 6.08 Å². The van der Waals surface area contributed by atoms with Crippen molar-refractivity contribution in [1.82, 2.24) is 0 Å². The Balaban J connectivity index is 0.000000261. The number of carboxylic acids is 1. The minimum atomic E-state index is -4.80. The number of carboxylic acid groups (broad SMARTS) is 1. The van der Waals surface area contributed by atoms with Gasteiger partial charge in [-0.15, -0.1) is 0 Å². The summed E-state index contributed by atoms with van der Waals surface area (Å²) in [6, 6.07) is 7.77. The Bertz CT molecular complexity index is 940. The molecular weight excluding hydrogens is 420 g/mol. The van der Waals surface area contributed by atoms with Crippen molar-refractivity contribution in [3.05, 3.63) is 62.6 Å². The number of alkyl halides is 3. The Morgan fingerprint density at radius 1 is 1.07 bits per heavy atom. The highest BCUT2D eigenvalue weighted by atomic mass is 35.5. The van der Waals surface area contributed by atoms with Crippen LogP contribution in [0.4, 0.5) is 13.2 Å². The highest BCUT2D eigenvalue weighted by Gasteiger charge is 2.48. The summed E-state index contributed by atoms with van der Waals surface area (Å²) in [5.74, 6) is -1.39. The number of aliphatic carboxylic acids is 1. The Kier molecular flexibility index (Phi) is 6.52. The van der Waals surface area contributed by atoms with Gasteiger partial charge in [-0.1, -0.05) is 23.2 Å². The van der Waals surface area contributed by atoms with E-state index < -0.39 is 23.8 Å². The highest BCUT2D eigenvalue weighted by Crippen LogP contribution is 2.40. The maximum absolute atomic E-state index is 12.8. The van der Waals surface area contributed by atoms with E-state index in [-0.39, 0.29) is 11.3 Å². The third-order valence-corrected chi connectivity index (χ3v) is 4.25. The Hall–Kier alpha value is -2.38. The summed E-state index contributed by atoms with van der Waals surface area (Å²) in [5, 5.41) is 18.8. The summed E-state index contributed by atoms with van der Waals surface area (Å²) in [6.07, 6.45) is -6.33. The van der Waals surface area contributed by atoms with Crippen molar-refractivity contribution in [2.75, 3.05) is 0 Å². The molecule has 28 heavy (non-hydrogen) atoms. The predicted octanol–water partition coefficient (Wildman–Crippen LogP) is 5.79. The number of halogens is 5. The van der Waals surface area contributed by atoms with Crippen molar-refractivity contribution in [1.29, 1.82) is 0 Å². The van der Waals surface area contributed by atoms with Crippen LogP contribution in [-0.4, -0.2) is 28.5 Å². The van der Waals surface area contributed by atoms with Crippen LogP contribution in [0.2, 0.25) is 10.0 Å². The number of carbonyl (C=O) groups is 1. The molecule has 0 fully saturated rings. The Labute approximate surface area is 168 Å². The van der Waals surface area contributed by atoms with Gasteiger partial charge in [-0.25, -0.2) is 4.79 Å². The fraction of sp³-hybridized carbons (Fsp3) is 0.211. The van der Waals surface area contributed by atoms with E-state index in [1.807, 2.05) is 0 Å². The number of benzene rings is 2. The number of aromatic hydroxyl groups is 1. The molecule has 1 atom stereocenters. The zero-order valence-corrected chi connectivity index (χ0v) is 16.2. The molecule has 1 aliphatic heterocycles. The molecule has 0 saturated carbocycles. The molecule has 2 aromatic rings. The lowest BCUT2D eigenvalue weighted by Gasteiger charge is -2.28. The number of phenols is 1. The number of aryl methyl sites for hydroxylation is 2. The maximum Gasteiger partial charge on any atom is 0.430 e. The largest absolute Gasteiger partial charge is 0.508 e. The summed E-state index contributed by atoms with van der Waals surface area (Å²) in [6.45, 7) is 3.35. The molecule has 0 radical (unpaired) electrons. The average Bonchev–Trinajstić information content (AvgIpc) is 2.57. The lowest BCUT2D eigenvalue weighted by molar-refractivity contribution is -0.187. The van der Waals surface area contributed by atoms with Crippen LogP contribution in [0.5, 0.6) is 11.5 Å². The van der Waals surface area contributed by atoms with E-state index in [2.05, 4.69) is 0 Å². The van der Waals surface area contributed by atoms with Gasteiger partial charge in [0.2, 0.25) is 6.10 Å². The third kappa shape index (κ3) is 5.11. The second-order valence-corrected chi connectivity index (χ2v) is 6.89. The van der Waals surface area contributed by atoms with Crippen LogP contribution >= 0.6 is 23.2 Å². The Morgan fingerprint density at radius 3 is 2.18 bits per heavy atom. The van der Waals surface area contributed by atoms with Crippen LogP contribution < -0.4 is 4.74 Å². The first-order valence-electron chi connectivity index (χ1n) is 7.83. The first-order chi connectivity index (χ1) is 12.9. The van der Waals surface area contributed by atoms with Gasteiger partial charge in [0.1, 0.15) is 11.5 Å². The predicted molar refractivity (Wildman–Crippen MR) is 100 cm³/mol. The van der Waals surface area contributed by atoms with Crippen LogP contribution in [0.15, 0.2) is 35.9 Å². The number of hydrogen-bond acceptors (Lipinski definition) is 3. The maximum atomic E-state index is 12.8. The number of hydrogen-bond donors (Lipinski definition) is 2. The standard InChI is InChI=1S/C12H8ClF3O3.C7H7ClO/c1-5-2-7(13)3-6-4-8(11(17)18)10(12(14,15)16)19-9(5)6;1-5-4-6(8)2-3-7(5)9/h2-4,10H,1H3,(H,17,18);2-4,9H,1H3. The molecule has 1 aliphatic rings. The smallest absolute Gasteiger partial charge is 0.430 e. The number of phenolic OH excluding ortho intramolecular Hbond substituents is 1. The molecule has 2 aromatic carbocycles. The van der Waals surface area contributed by atoms with E-state index in [0.717, 1.165) is 11.6 Å². The molecule has 150 valence electrons. The zero-order valence-electron chi connectivity index (χ0n) is 14.6. The summed E-state index contributed by atoms with van der Waals surface area (Å²) in [7, 11) is 0. The monoisotopic (exact) mass is 434 g/mol. The number of fused-ring (bicyclic) bond motifs is 1. The average molecular weight is 435 g/mol. The minimum Gasteiger partial charge on any atom is -0.508 e. The molecule has 4 nitrogen and oxygen atoms in total. The molecule has 0 bridgehead atoms. The molecule has 0 spiro atoms. The fourth-order valence-corrected chi connectivity index (χ4v) is 2.99. The van der Waals surface area contributed by atoms with Crippen molar-refractivity contribution < 1.29 is 32.9 Å². The first-order valence-corrected chi connectivity index (χ1v) is 8.59. The van der Waals surface area contributed by atoms with Crippen LogP contribution in [0, 0.1) is 13.8 Å². The summed E-state index contributed by atoms with van der Waals surface area (Å²) in [5.41, 5.74) is 0.588. The third-order valence-electron chi connectivity index (χ3n) is 3.80. The van der Waals surface area contributed by atoms with Crippen LogP contribution in [0.3, 0.4) is 0 Å². The quantitative estimate of drug-likeness (QED) is 0.595. The SMILES string of the molecule is Cc1cc(Cl)cc2c1OC(C(F)(F)F)C(C(=O)O)=C2.Cc1cc(Cl)ccc1O. The number of rotatable bonds is 1. The highest BCUT2D eigenvalue weighted by molar-refractivity contribution is 6.31. The summed E-state index contributed by atoms with van der Waals surface area (Å²) < 4.78 is 43.2. The van der Waals surface area contributed by atoms with E-state index in [4.69, 9.17) is 38.2 Å². The van der Waals surface area contributed by atoms with E-state index in [1.165, 1.54) is 19.1 Å². The topological polar surface area (TPSA) is 66.8 Å². The van der Waals surface area contributed by atoms with Crippen molar-refractivity contribution in [3.63, 3.8) is 0 Å². The summed E-state index contributed by atoms with van der Waals surface area (Å²) in [4.78, 5) is 10.9. The molecule has 0 amide bonds. The molecule has 0 aromatic heterocycles. The summed E-state index contributed by atoms with van der Waals surface area (Å²) >= 11 is 11.4. The van der Waals surface area contributed by atoms with Crippen molar-refractivity contribution in [3.8, 4) is 11.5 Å². The molecule has 1 unspecified atom stereocenters. The molecule has 1 heterocycles. The van der Waals surface area contributed by atoms with Crippen molar-refractivity contribution in [2.24, 2.45) is 0 Å². The van der Waals surface area contributed by atoms with Crippen molar-refractivity contribution in [2.45, 2.75) is 26.1 Å². The van der Waals surface area contributed by atoms with E-state index in [0.29, 0.717) is 21.4 Å². The van der Waals surface area contributed by atoms with E-state index >= 15 is 0 Å². The van der Waals surface area contributed by atoms with Crippen molar-refractivity contribution >= 4 is 35.2 Å². The second kappa shape index (κ2) is 8.32. The van der Waals surface area contributed by atoms with Gasteiger partial charge >= 0.3 is 12.1 Å². The van der Waals surface area contributed by atoms with Gasteiger partial charge in [0.05, 0.1) is 5.57 Å². The molecule has 0 aliphatic carbocycles. The number of ether oxygens (including phenoxy) is 1.